The largest absolute Gasteiger partial charge is 0.381 e. The molecule has 3 heteroatoms. The summed E-state index contributed by atoms with van der Waals surface area (Å²) in [6.07, 6.45) is 0.862. The molecular formula is C16H17BrFN. The number of hydrogen-bond acceptors (Lipinski definition) is 1. The van der Waals surface area contributed by atoms with Crippen molar-refractivity contribution in [3.05, 3.63) is 63.9 Å². The second-order valence-corrected chi connectivity index (χ2v) is 5.71. The predicted octanol–water partition coefficient (Wildman–Crippen LogP) is 4.94. The van der Waals surface area contributed by atoms with Crippen LogP contribution in [0.25, 0.3) is 0 Å². The van der Waals surface area contributed by atoms with Gasteiger partial charge in [-0.3, -0.25) is 0 Å². The summed E-state index contributed by atoms with van der Waals surface area (Å²) in [5.74, 6) is -0.189. The minimum absolute atomic E-state index is 0.189. The number of aryl methyl sites for hydroxylation is 1. The van der Waals surface area contributed by atoms with E-state index in [4.69, 9.17) is 0 Å². The van der Waals surface area contributed by atoms with Crippen LogP contribution in [0.1, 0.15) is 18.1 Å². The molecule has 1 atom stereocenters. The zero-order valence-electron chi connectivity index (χ0n) is 11.1. The Balaban J connectivity index is 2.01. The molecule has 0 amide bonds. The van der Waals surface area contributed by atoms with E-state index in [1.165, 1.54) is 17.7 Å². The van der Waals surface area contributed by atoms with Crippen molar-refractivity contribution in [2.24, 2.45) is 0 Å². The van der Waals surface area contributed by atoms with Gasteiger partial charge in [0.05, 0.1) is 0 Å². The van der Waals surface area contributed by atoms with Gasteiger partial charge >= 0.3 is 0 Å². The summed E-state index contributed by atoms with van der Waals surface area (Å²) in [7, 11) is 0. The monoisotopic (exact) mass is 321 g/mol. The molecule has 0 fully saturated rings. The van der Waals surface area contributed by atoms with Gasteiger partial charge in [-0.15, -0.1) is 0 Å². The summed E-state index contributed by atoms with van der Waals surface area (Å²) < 4.78 is 13.9. The molecular weight excluding hydrogens is 305 g/mol. The third kappa shape index (κ3) is 4.06. The first-order valence-electron chi connectivity index (χ1n) is 6.32. The van der Waals surface area contributed by atoms with Crippen LogP contribution in [0.3, 0.4) is 0 Å². The van der Waals surface area contributed by atoms with Crippen LogP contribution in [0.4, 0.5) is 10.1 Å². The molecule has 0 radical (unpaired) electrons. The topological polar surface area (TPSA) is 12.0 Å². The highest BCUT2D eigenvalue weighted by atomic mass is 79.9. The molecule has 0 aromatic heterocycles. The number of hydrogen-bond donors (Lipinski definition) is 1. The minimum Gasteiger partial charge on any atom is -0.381 e. The molecule has 0 bridgehead atoms. The Morgan fingerprint density at radius 1 is 1.16 bits per heavy atom. The van der Waals surface area contributed by atoms with Gasteiger partial charge < -0.3 is 5.32 Å². The van der Waals surface area contributed by atoms with Gasteiger partial charge in [-0.2, -0.15) is 0 Å². The van der Waals surface area contributed by atoms with Gasteiger partial charge in [-0.05, 0) is 71.6 Å². The van der Waals surface area contributed by atoms with Crippen LogP contribution < -0.4 is 5.32 Å². The van der Waals surface area contributed by atoms with Crippen molar-refractivity contribution in [3.63, 3.8) is 0 Å². The van der Waals surface area contributed by atoms with Crippen LogP contribution in [0.2, 0.25) is 0 Å². The van der Waals surface area contributed by atoms with E-state index in [1.54, 1.807) is 0 Å². The fraction of sp³-hybridized carbons (Fsp3) is 0.250. The lowest BCUT2D eigenvalue weighted by Gasteiger charge is -2.17. The summed E-state index contributed by atoms with van der Waals surface area (Å²) in [6.45, 7) is 4.19. The first-order chi connectivity index (χ1) is 9.04. The van der Waals surface area contributed by atoms with E-state index in [0.29, 0.717) is 0 Å². The highest BCUT2D eigenvalue weighted by molar-refractivity contribution is 9.10. The SMILES string of the molecule is Cc1ccc(NC(C)Cc2ccc(F)cc2)c(Br)c1. The number of halogens is 2. The molecule has 2 rings (SSSR count). The summed E-state index contributed by atoms with van der Waals surface area (Å²) in [6, 6.07) is 13.2. The van der Waals surface area contributed by atoms with Crippen molar-refractivity contribution < 1.29 is 4.39 Å². The van der Waals surface area contributed by atoms with Gasteiger partial charge in [-0.25, -0.2) is 4.39 Å². The number of nitrogens with one attached hydrogen (secondary N) is 1. The van der Waals surface area contributed by atoms with Crippen LogP contribution in [0.15, 0.2) is 46.9 Å². The molecule has 1 N–H and O–H groups in total. The van der Waals surface area contributed by atoms with E-state index in [2.05, 4.69) is 53.3 Å². The van der Waals surface area contributed by atoms with E-state index >= 15 is 0 Å². The van der Waals surface area contributed by atoms with Crippen LogP contribution in [-0.4, -0.2) is 6.04 Å². The van der Waals surface area contributed by atoms with Crippen molar-refractivity contribution in [2.75, 3.05) is 5.32 Å². The van der Waals surface area contributed by atoms with Gasteiger partial charge in [0, 0.05) is 16.2 Å². The molecule has 0 saturated carbocycles. The second-order valence-electron chi connectivity index (χ2n) is 4.86. The molecule has 0 aliphatic carbocycles. The highest BCUT2D eigenvalue weighted by Crippen LogP contribution is 2.24. The van der Waals surface area contributed by atoms with Crippen LogP contribution in [-0.2, 0) is 6.42 Å². The molecule has 0 aliphatic rings. The summed E-state index contributed by atoms with van der Waals surface area (Å²) in [5, 5.41) is 3.46. The lowest BCUT2D eigenvalue weighted by molar-refractivity contribution is 0.626. The molecule has 19 heavy (non-hydrogen) atoms. The van der Waals surface area contributed by atoms with Gasteiger partial charge in [0.15, 0.2) is 0 Å². The van der Waals surface area contributed by atoms with Crippen LogP contribution >= 0.6 is 15.9 Å². The number of rotatable bonds is 4. The van der Waals surface area contributed by atoms with Crippen LogP contribution in [0.5, 0.6) is 0 Å². The smallest absolute Gasteiger partial charge is 0.123 e. The van der Waals surface area contributed by atoms with Crippen molar-refractivity contribution >= 4 is 21.6 Å². The maximum absolute atomic E-state index is 12.8. The molecule has 0 spiro atoms. The Hall–Kier alpha value is -1.35. The van der Waals surface area contributed by atoms with Gasteiger partial charge in [0.25, 0.3) is 0 Å². The third-order valence-corrected chi connectivity index (χ3v) is 3.64. The molecule has 0 saturated heterocycles. The molecule has 2 aromatic rings. The maximum Gasteiger partial charge on any atom is 0.123 e. The quantitative estimate of drug-likeness (QED) is 0.841. The summed E-state index contributed by atoms with van der Waals surface area (Å²) in [5.41, 5.74) is 3.44. The standard InChI is InChI=1S/C16H17BrFN/c1-11-3-8-16(15(17)9-11)19-12(2)10-13-4-6-14(18)7-5-13/h3-9,12,19H,10H2,1-2H3. The molecule has 1 nitrogen and oxygen atoms in total. The zero-order chi connectivity index (χ0) is 13.8. The van der Waals surface area contributed by atoms with Crippen molar-refractivity contribution in [2.45, 2.75) is 26.3 Å². The van der Waals surface area contributed by atoms with Crippen LogP contribution in [0, 0.1) is 12.7 Å². The van der Waals surface area contributed by atoms with Crippen molar-refractivity contribution in [1.82, 2.24) is 0 Å². The first kappa shape index (κ1) is 14.1. The van der Waals surface area contributed by atoms with Gasteiger partial charge in [0.2, 0.25) is 0 Å². The Labute approximate surface area is 122 Å². The lowest BCUT2D eigenvalue weighted by atomic mass is 10.1. The Morgan fingerprint density at radius 2 is 1.84 bits per heavy atom. The van der Waals surface area contributed by atoms with Crippen molar-refractivity contribution in [1.29, 1.82) is 0 Å². The van der Waals surface area contributed by atoms with Crippen molar-refractivity contribution in [3.8, 4) is 0 Å². The molecule has 0 aliphatic heterocycles. The molecule has 100 valence electrons. The molecule has 2 aromatic carbocycles. The highest BCUT2D eigenvalue weighted by Gasteiger charge is 2.06. The Bertz CT molecular complexity index is 551. The molecule has 1 unspecified atom stereocenters. The third-order valence-electron chi connectivity index (χ3n) is 2.98. The minimum atomic E-state index is -0.189. The maximum atomic E-state index is 12.8. The zero-order valence-corrected chi connectivity index (χ0v) is 12.7. The fourth-order valence-electron chi connectivity index (χ4n) is 2.03. The lowest BCUT2D eigenvalue weighted by Crippen LogP contribution is -2.18. The average Bonchev–Trinajstić information content (AvgIpc) is 2.36. The predicted molar refractivity (Wildman–Crippen MR) is 82.1 cm³/mol. The number of anilines is 1. The summed E-state index contributed by atoms with van der Waals surface area (Å²) in [4.78, 5) is 0. The summed E-state index contributed by atoms with van der Waals surface area (Å²) >= 11 is 3.56. The van der Waals surface area contributed by atoms with Gasteiger partial charge in [0.1, 0.15) is 5.82 Å². The van der Waals surface area contributed by atoms with E-state index in [1.807, 2.05) is 12.1 Å². The van der Waals surface area contributed by atoms with Gasteiger partial charge in [-0.1, -0.05) is 18.2 Å². The van der Waals surface area contributed by atoms with E-state index in [0.717, 1.165) is 22.1 Å². The van der Waals surface area contributed by atoms with E-state index in [-0.39, 0.29) is 11.9 Å². The van der Waals surface area contributed by atoms with E-state index < -0.39 is 0 Å². The second kappa shape index (κ2) is 6.20. The average molecular weight is 322 g/mol. The number of benzene rings is 2. The normalized spacial score (nSPS) is 12.2. The first-order valence-corrected chi connectivity index (χ1v) is 7.11. The Morgan fingerprint density at radius 3 is 2.47 bits per heavy atom. The fourth-order valence-corrected chi connectivity index (χ4v) is 2.64. The van der Waals surface area contributed by atoms with E-state index in [9.17, 15) is 4.39 Å². The Kier molecular flexibility index (Phi) is 4.59. The molecule has 0 heterocycles.